The Labute approximate surface area is 159 Å². The quantitative estimate of drug-likeness (QED) is 0.691. The fourth-order valence-electron chi connectivity index (χ4n) is 3.40. The molecule has 4 nitrogen and oxygen atoms in total. The second kappa shape index (κ2) is 8.86. The second-order valence-electron chi connectivity index (χ2n) is 6.62. The third-order valence-electron chi connectivity index (χ3n) is 4.76. The van der Waals surface area contributed by atoms with E-state index in [2.05, 4.69) is 0 Å². The van der Waals surface area contributed by atoms with Gasteiger partial charge in [0.25, 0.3) is 5.91 Å². The van der Waals surface area contributed by atoms with E-state index >= 15 is 0 Å². The first-order chi connectivity index (χ1) is 12.7. The fourth-order valence-corrected chi connectivity index (χ4v) is 3.62. The third kappa shape index (κ3) is 4.44. The zero-order chi connectivity index (χ0) is 18.4. The number of rotatable bonds is 4. The van der Waals surface area contributed by atoms with E-state index in [1.165, 1.54) is 4.90 Å². The van der Waals surface area contributed by atoms with Crippen molar-refractivity contribution in [2.75, 3.05) is 0 Å². The number of nitrogens with zero attached hydrogens (tertiary/aromatic N) is 2. The summed E-state index contributed by atoms with van der Waals surface area (Å²) >= 11 is 6.30. The number of hydrogen-bond donors (Lipinski definition) is 0. The van der Waals surface area contributed by atoms with Gasteiger partial charge < -0.3 is 0 Å². The summed E-state index contributed by atoms with van der Waals surface area (Å²) in [5.74, 6) is -0.277. The fraction of sp³-hybridized carbons (Fsp3) is 0.333. The van der Waals surface area contributed by atoms with Gasteiger partial charge in [0, 0.05) is 23.4 Å². The van der Waals surface area contributed by atoms with Gasteiger partial charge in [0.05, 0.1) is 6.54 Å². The van der Waals surface area contributed by atoms with Crippen molar-refractivity contribution in [3.63, 3.8) is 0 Å². The van der Waals surface area contributed by atoms with E-state index < -0.39 is 6.03 Å². The van der Waals surface area contributed by atoms with Crippen molar-refractivity contribution in [3.05, 3.63) is 71.8 Å². The summed E-state index contributed by atoms with van der Waals surface area (Å²) in [7, 11) is 0. The van der Waals surface area contributed by atoms with Gasteiger partial charge in [0.15, 0.2) is 0 Å². The van der Waals surface area contributed by atoms with Crippen LogP contribution in [0.4, 0.5) is 4.79 Å². The minimum Gasteiger partial charge on any atom is -0.269 e. The van der Waals surface area contributed by atoms with Crippen LogP contribution in [0.5, 0.6) is 0 Å². The number of imide groups is 1. The molecule has 2 aromatic rings. The summed E-state index contributed by atoms with van der Waals surface area (Å²) in [5, 5.41) is 0. The zero-order valence-corrected chi connectivity index (χ0v) is 15.4. The lowest BCUT2D eigenvalue weighted by atomic mass is 9.94. The lowest BCUT2D eigenvalue weighted by molar-refractivity contribution is 0.0681. The van der Waals surface area contributed by atoms with Gasteiger partial charge in [-0.2, -0.15) is 0 Å². The Morgan fingerprint density at radius 2 is 1.46 bits per heavy atom. The highest BCUT2D eigenvalue weighted by atomic mass is 35.5. The van der Waals surface area contributed by atoms with Crippen LogP contribution in [0.25, 0.3) is 0 Å². The smallest absolute Gasteiger partial charge is 0.269 e. The van der Waals surface area contributed by atoms with Gasteiger partial charge in [-0.1, -0.05) is 67.8 Å². The van der Waals surface area contributed by atoms with Gasteiger partial charge in [-0.15, -0.1) is 0 Å². The highest BCUT2D eigenvalue weighted by Gasteiger charge is 2.34. The number of carbonyl (C=O) groups is 2. The molecule has 0 saturated heterocycles. The molecular formula is C21H23ClN2O2. The van der Waals surface area contributed by atoms with Crippen LogP contribution in [-0.4, -0.2) is 27.3 Å². The number of carbonyl (C=O) groups excluding carboxylic acids is 2. The lowest BCUT2D eigenvalue weighted by Gasteiger charge is -2.34. The van der Waals surface area contributed by atoms with Crippen molar-refractivity contribution in [1.29, 1.82) is 0 Å². The SMILES string of the molecule is O=C(c1ccccc1)N(C(=O)N(Cl)Cc1ccccc1)C1CCCCC1. The lowest BCUT2D eigenvalue weighted by Crippen LogP contribution is -2.49. The summed E-state index contributed by atoms with van der Waals surface area (Å²) in [5.41, 5.74) is 1.43. The van der Waals surface area contributed by atoms with Crippen molar-refractivity contribution in [2.24, 2.45) is 0 Å². The molecule has 1 aliphatic carbocycles. The summed E-state index contributed by atoms with van der Waals surface area (Å²) in [4.78, 5) is 27.5. The van der Waals surface area contributed by atoms with E-state index in [9.17, 15) is 9.59 Å². The van der Waals surface area contributed by atoms with Crippen LogP contribution in [-0.2, 0) is 6.54 Å². The zero-order valence-electron chi connectivity index (χ0n) is 14.7. The van der Waals surface area contributed by atoms with E-state index in [1.54, 1.807) is 24.3 Å². The normalized spacial score (nSPS) is 14.7. The maximum absolute atomic E-state index is 13.1. The Balaban J connectivity index is 1.82. The van der Waals surface area contributed by atoms with Crippen molar-refractivity contribution in [3.8, 4) is 0 Å². The number of benzene rings is 2. The Bertz CT molecular complexity index is 730. The molecule has 0 heterocycles. The molecule has 0 aromatic heterocycles. The highest BCUT2D eigenvalue weighted by Crippen LogP contribution is 2.26. The first-order valence-corrected chi connectivity index (χ1v) is 9.40. The molecule has 1 saturated carbocycles. The van der Waals surface area contributed by atoms with E-state index in [-0.39, 0.29) is 18.5 Å². The molecule has 3 rings (SSSR count). The molecule has 0 unspecified atom stereocenters. The minimum absolute atomic E-state index is 0.0963. The number of hydrogen-bond acceptors (Lipinski definition) is 2. The van der Waals surface area contributed by atoms with Crippen molar-refractivity contribution in [2.45, 2.75) is 44.7 Å². The van der Waals surface area contributed by atoms with E-state index in [0.29, 0.717) is 5.56 Å². The van der Waals surface area contributed by atoms with Gasteiger partial charge in [-0.05, 0) is 30.5 Å². The summed E-state index contributed by atoms with van der Waals surface area (Å²) in [6, 6.07) is 17.9. The maximum Gasteiger partial charge on any atom is 0.342 e. The standard InChI is InChI=1S/C21H23ClN2O2/c22-23(16-17-10-4-1-5-11-17)21(26)24(19-14-8-3-9-15-19)20(25)18-12-6-2-7-13-18/h1-2,4-7,10-13,19H,3,8-9,14-16H2. The molecule has 0 aliphatic heterocycles. The molecule has 0 N–H and O–H groups in total. The van der Waals surface area contributed by atoms with Crippen LogP contribution < -0.4 is 0 Å². The van der Waals surface area contributed by atoms with Gasteiger partial charge in [-0.25, -0.2) is 9.21 Å². The van der Waals surface area contributed by atoms with Crippen LogP contribution in [0.15, 0.2) is 60.7 Å². The maximum atomic E-state index is 13.1. The van der Waals surface area contributed by atoms with Crippen LogP contribution in [0.3, 0.4) is 0 Å². The minimum atomic E-state index is -0.448. The molecule has 3 amide bonds. The first-order valence-electron chi connectivity index (χ1n) is 9.06. The van der Waals surface area contributed by atoms with Crippen molar-refractivity contribution >= 4 is 23.7 Å². The number of urea groups is 1. The Morgan fingerprint density at radius 1 is 0.885 bits per heavy atom. The predicted octanol–water partition coefficient (Wildman–Crippen LogP) is 5.24. The van der Waals surface area contributed by atoms with Gasteiger partial charge in [0.2, 0.25) is 0 Å². The molecule has 136 valence electrons. The molecule has 1 aliphatic rings. The van der Waals surface area contributed by atoms with E-state index in [1.807, 2.05) is 36.4 Å². The van der Waals surface area contributed by atoms with Crippen LogP contribution >= 0.6 is 11.8 Å². The monoisotopic (exact) mass is 370 g/mol. The largest absolute Gasteiger partial charge is 0.342 e. The molecule has 0 bridgehead atoms. The molecular weight excluding hydrogens is 348 g/mol. The van der Waals surface area contributed by atoms with Crippen LogP contribution in [0.2, 0.25) is 0 Å². The molecule has 2 aromatic carbocycles. The number of halogens is 1. The Kier molecular flexibility index (Phi) is 6.29. The van der Waals surface area contributed by atoms with Crippen molar-refractivity contribution in [1.82, 2.24) is 9.32 Å². The van der Waals surface area contributed by atoms with Gasteiger partial charge >= 0.3 is 6.03 Å². The Morgan fingerprint density at radius 3 is 2.08 bits per heavy atom. The Hall–Kier alpha value is -2.33. The van der Waals surface area contributed by atoms with Gasteiger partial charge in [0.1, 0.15) is 0 Å². The average molecular weight is 371 g/mol. The molecule has 5 heteroatoms. The van der Waals surface area contributed by atoms with E-state index in [0.717, 1.165) is 42.1 Å². The summed E-state index contributed by atoms with van der Waals surface area (Å²) in [6.45, 7) is 0.256. The van der Waals surface area contributed by atoms with Gasteiger partial charge in [-0.3, -0.25) is 9.69 Å². The first kappa shape index (κ1) is 18.5. The van der Waals surface area contributed by atoms with E-state index in [4.69, 9.17) is 11.8 Å². The average Bonchev–Trinajstić information content (AvgIpc) is 2.70. The second-order valence-corrected chi connectivity index (χ2v) is 7.03. The summed E-state index contributed by atoms with van der Waals surface area (Å²) in [6.07, 6.45) is 4.86. The van der Waals surface area contributed by atoms with Crippen molar-refractivity contribution < 1.29 is 9.59 Å². The summed E-state index contributed by atoms with van der Waals surface area (Å²) < 4.78 is 1.12. The third-order valence-corrected chi connectivity index (χ3v) is 5.02. The number of amides is 3. The molecule has 1 fully saturated rings. The van der Waals surface area contributed by atoms with Crippen LogP contribution in [0.1, 0.15) is 48.0 Å². The molecule has 0 radical (unpaired) electrons. The molecule has 26 heavy (non-hydrogen) atoms. The molecule has 0 atom stereocenters. The highest BCUT2D eigenvalue weighted by molar-refractivity contribution is 6.22. The van der Waals surface area contributed by atoms with Crippen LogP contribution in [0, 0.1) is 0 Å². The molecule has 0 spiro atoms. The predicted molar refractivity (Wildman–Crippen MR) is 103 cm³/mol. The topological polar surface area (TPSA) is 40.6 Å².